The predicted molar refractivity (Wildman–Crippen MR) is 95.3 cm³/mol. The zero-order valence-electron chi connectivity index (χ0n) is 13.3. The predicted octanol–water partition coefficient (Wildman–Crippen LogP) is 3.26. The number of carbonyl (C=O) groups is 1. The van der Waals surface area contributed by atoms with E-state index in [0.29, 0.717) is 34.7 Å². The summed E-state index contributed by atoms with van der Waals surface area (Å²) in [5.74, 6) is 0.0829. The van der Waals surface area contributed by atoms with Gasteiger partial charge in [0.1, 0.15) is 18.0 Å². The van der Waals surface area contributed by atoms with Crippen LogP contribution in [0.15, 0.2) is 66.3 Å². The fraction of sp³-hybridized carbons (Fsp3) is 0.0526. The summed E-state index contributed by atoms with van der Waals surface area (Å²) < 4.78 is 7.30. The van der Waals surface area contributed by atoms with Gasteiger partial charge in [0.25, 0.3) is 5.91 Å². The number of amides is 1. The lowest BCUT2D eigenvalue weighted by Gasteiger charge is -2.10. The lowest BCUT2D eigenvalue weighted by atomic mass is 10.1. The average Bonchev–Trinajstić information content (AvgIpc) is 2.98. The molecule has 0 bridgehead atoms. The molecule has 124 valence electrons. The first kappa shape index (κ1) is 16.2. The number of fused-ring (bicyclic) bond motifs is 1. The van der Waals surface area contributed by atoms with Crippen LogP contribution in [0.3, 0.4) is 0 Å². The molecule has 0 radical (unpaired) electrons. The number of aliphatic imine (C=N–C) groups is 1. The van der Waals surface area contributed by atoms with Crippen LogP contribution in [0.25, 0.3) is 16.6 Å². The van der Waals surface area contributed by atoms with Crippen molar-refractivity contribution in [3.05, 3.63) is 66.9 Å². The second-order valence-corrected chi connectivity index (χ2v) is 5.25. The summed E-state index contributed by atoms with van der Waals surface area (Å²) in [6.07, 6.45) is 4.86. The number of aromatic nitrogens is 1. The summed E-state index contributed by atoms with van der Waals surface area (Å²) in [6.45, 7) is 3.98. The highest BCUT2D eigenvalue weighted by Gasteiger charge is 2.15. The number of carbonyl (C=O) groups excluding carboxylic acids is 2. The minimum atomic E-state index is -0.538. The van der Waals surface area contributed by atoms with Crippen LogP contribution in [0, 0.1) is 0 Å². The number of nitrogens with two attached hydrogens (primary N) is 1. The molecule has 0 saturated heterocycles. The lowest BCUT2D eigenvalue weighted by molar-refractivity contribution is 0.100. The van der Waals surface area contributed by atoms with Gasteiger partial charge in [-0.15, -0.1) is 0 Å². The summed E-state index contributed by atoms with van der Waals surface area (Å²) >= 11 is 0. The molecule has 1 aromatic heterocycles. The molecule has 0 saturated carbocycles. The van der Waals surface area contributed by atoms with Crippen LogP contribution in [0.2, 0.25) is 0 Å². The van der Waals surface area contributed by atoms with Crippen molar-refractivity contribution in [3.63, 3.8) is 0 Å². The average molecular weight is 333 g/mol. The molecule has 0 unspecified atom stereocenters. The van der Waals surface area contributed by atoms with Gasteiger partial charge in [0.2, 0.25) is 6.08 Å². The molecule has 6 nitrogen and oxygen atoms in total. The van der Waals surface area contributed by atoms with Crippen LogP contribution < -0.4 is 10.5 Å². The Balaban J connectivity index is 2.25. The molecule has 0 aliphatic rings. The zero-order chi connectivity index (χ0) is 17.8. The molecule has 1 amide bonds. The van der Waals surface area contributed by atoms with Gasteiger partial charge in [0.15, 0.2) is 0 Å². The summed E-state index contributed by atoms with van der Waals surface area (Å²) in [6, 6.07) is 12.4. The van der Waals surface area contributed by atoms with Crippen molar-refractivity contribution < 1.29 is 14.3 Å². The molecule has 0 spiro atoms. The Morgan fingerprint density at radius 2 is 2.12 bits per heavy atom. The van der Waals surface area contributed by atoms with Gasteiger partial charge < -0.3 is 15.0 Å². The maximum Gasteiger partial charge on any atom is 0.250 e. The zero-order valence-corrected chi connectivity index (χ0v) is 13.3. The van der Waals surface area contributed by atoms with E-state index in [0.717, 1.165) is 5.52 Å². The largest absolute Gasteiger partial charge is 0.490 e. The molecular formula is C19H15N3O3. The van der Waals surface area contributed by atoms with Crippen LogP contribution in [0.4, 0.5) is 5.69 Å². The van der Waals surface area contributed by atoms with Gasteiger partial charge in [0.05, 0.1) is 16.8 Å². The lowest BCUT2D eigenvalue weighted by Crippen LogP contribution is -2.14. The van der Waals surface area contributed by atoms with E-state index in [-0.39, 0.29) is 0 Å². The Morgan fingerprint density at radius 1 is 1.32 bits per heavy atom. The third-order valence-corrected chi connectivity index (χ3v) is 3.72. The standard InChI is InChI=1S/C19H15N3O3/c1-2-9-25-13-7-8-18-15(10-13)16(21-12-23)11-22(18)17-6-4-3-5-14(17)19(20)24/h2-8,10-11H,1,9H2,(H2,20,24). The number of benzene rings is 2. The van der Waals surface area contributed by atoms with E-state index in [1.165, 1.54) is 0 Å². The van der Waals surface area contributed by atoms with Crippen molar-refractivity contribution in [1.82, 2.24) is 4.57 Å². The molecular weight excluding hydrogens is 318 g/mol. The van der Waals surface area contributed by atoms with Gasteiger partial charge in [-0.3, -0.25) is 4.79 Å². The molecule has 6 heteroatoms. The van der Waals surface area contributed by atoms with Crippen molar-refractivity contribution >= 4 is 28.6 Å². The van der Waals surface area contributed by atoms with Crippen molar-refractivity contribution in [1.29, 1.82) is 0 Å². The van der Waals surface area contributed by atoms with Crippen molar-refractivity contribution in [3.8, 4) is 11.4 Å². The number of hydrogen-bond donors (Lipinski definition) is 1. The highest BCUT2D eigenvalue weighted by atomic mass is 16.5. The van der Waals surface area contributed by atoms with E-state index in [9.17, 15) is 9.59 Å². The van der Waals surface area contributed by atoms with Gasteiger partial charge >= 0.3 is 0 Å². The van der Waals surface area contributed by atoms with Gasteiger partial charge in [-0.25, -0.2) is 4.79 Å². The van der Waals surface area contributed by atoms with Gasteiger partial charge in [-0.1, -0.05) is 24.8 Å². The highest BCUT2D eigenvalue weighted by molar-refractivity contribution is 5.99. The highest BCUT2D eigenvalue weighted by Crippen LogP contribution is 2.34. The molecule has 2 aromatic carbocycles. The third-order valence-electron chi connectivity index (χ3n) is 3.72. The number of primary amides is 1. The number of rotatable bonds is 6. The summed E-state index contributed by atoms with van der Waals surface area (Å²) in [5, 5.41) is 0.698. The first-order valence-corrected chi connectivity index (χ1v) is 7.51. The summed E-state index contributed by atoms with van der Waals surface area (Å²) in [5.41, 5.74) is 7.63. The molecule has 3 aromatic rings. The van der Waals surface area contributed by atoms with Crippen LogP contribution in [0.1, 0.15) is 10.4 Å². The molecule has 2 N–H and O–H groups in total. The van der Waals surface area contributed by atoms with E-state index in [2.05, 4.69) is 11.6 Å². The molecule has 0 aliphatic heterocycles. The summed E-state index contributed by atoms with van der Waals surface area (Å²) in [4.78, 5) is 26.3. The Bertz CT molecular complexity index is 1010. The molecule has 25 heavy (non-hydrogen) atoms. The Morgan fingerprint density at radius 3 is 2.84 bits per heavy atom. The monoisotopic (exact) mass is 333 g/mol. The maximum absolute atomic E-state index is 11.7. The van der Waals surface area contributed by atoms with Crippen molar-refractivity contribution in [2.24, 2.45) is 10.7 Å². The van der Waals surface area contributed by atoms with Crippen molar-refractivity contribution in [2.45, 2.75) is 0 Å². The smallest absolute Gasteiger partial charge is 0.250 e. The molecule has 3 rings (SSSR count). The molecule has 0 aliphatic carbocycles. The van der Waals surface area contributed by atoms with E-state index >= 15 is 0 Å². The van der Waals surface area contributed by atoms with Crippen molar-refractivity contribution in [2.75, 3.05) is 6.61 Å². The van der Waals surface area contributed by atoms with Crippen LogP contribution in [-0.4, -0.2) is 23.2 Å². The van der Waals surface area contributed by atoms with E-state index in [1.54, 1.807) is 59.3 Å². The SMILES string of the molecule is C=CCOc1ccc2c(c1)c(N=C=O)cn2-c1ccccc1C(N)=O. The third kappa shape index (κ3) is 3.06. The van der Waals surface area contributed by atoms with Crippen LogP contribution >= 0.6 is 0 Å². The number of para-hydroxylation sites is 1. The van der Waals surface area contributed by atoms with E-state index in [4.69, 9.17) is 10.5 Å². The number of hydrogen-bond acceptors (Lipinski definition) is 4. The van der Waals surface area contributed by atoms with E-state index in [1.807, 2.05) is 6.07 Å². The van der Waals surface area contributed by atoms with Crippen LogP contribution in [-0.2, 0) is 4.79 Å². The first-order valence-electron chi connectivity index (χ1n) is 7.51. The Labute approximate surface area is 143 Å². The molecule has 1 heterocycles. The molecule has 0 fully saturated rings. The topological polar surface area (TPSA) is 86.7 Å². The first-order chi connectivity index (χ1) is 12.2. The van der Waals surface area contributed by atoms with E-state index < -0.39 is 5.91 Å². The summed E-state index contributed by atoms with van der Waals surface area (Å²) in [7, 11) is 0. The van der Waals surface area contributed by atoms with Gasteiger partial charge in [-0.2, -0.15) is 4.99 Å². The number of isocyanates is 1. The minimum absolute atomic E-state index is 0.364. The van der Waals surface area contributed by atoms with Gasteiger partial charge in [0, 0.05) is 11.6 Å². The fourth-order valence-electron chi connectivity index (χ4n) is 2.67. The second-order valence-electron chi connectivity index (χ2n) is 5.25. The number of ether oxygens (including phenoxy) is 1. The van der Waals surface area contributed by atoms with Gasteiger partial charge in [-0.05, 0) is 30.3 Å². The van der Waals surface area contributed by atoms with Crippen LogP contribution in [0.5, 0.6) is 5.75 Å². The minimum Gasteiger partial charge on any atom is -0.490 e. The quantitative estimate of drug-likeness (QED) is 0.427. The second kappa shape index (κ2) is 6.86. The number of nitrogens with zero attached hydrogens (tertiary/aromatic N) is 2. The normalized spacial score (nSPS) is 10.2. The Kier molecular flexibility index (Phi) is 4.46. The fourth-order valence-corrected chi connectivity index (χ4v) is 2.67. The maximum atomic E-state index is 11.7. The Hall–Kier alpha value is -3.63. The molecule has 0 atom stereocenters.